The van der Waals surface area contributed by atoms with Crippen molar-refractivity contribution in [2.24, 2.45) is 0 Å². The van der Waals surface area contributed by atoms with Crippen molar-refractivity contribution in [2.45, 2.75) is 12.6 Å². The Morgan fingerprint density at radius 3 is 2.50 bits per heavy atom. The number of hydrogen-bond acceptors (Lipinski definition) is 4. The second-order valence-electron chi connectivity index (χ2n) is 6.65. The zero-order valence-corrected chi connectivity index (χ0v) is 16.6. The third-order valence-corrected chi connectivity index (χ3v) is 4.65. The minimum atomic E-state index is -4.64. The van der Waals surface area contributed by atoms with Crippen LogP contribution in [0, 0.1) is 0 Å². The zero-order valence-electron chi connectivity index (χ0n) is 15.9. The second-order valence-corrected chi connectivity index (χ2v) is 7.05. The van der Waals surface area contributed by atoms with E-state index in [0.29, 0.717) is 30.3 Å². The molecule has 0 bridgehead atoms. The van der Waals surface area contributed by atoms with E-state index < -0.39 is 22.7 Å². The molecule has 1 aliphatic heterocycles. The minimum Gasteiger partial charge on any atom is -0.486 e. The number of amides is 2. The van der Waals surface area contributed by atoms with Crippen molar-refractivity contribution in [3.63, 3.8) is 0 Å². The zero-order chi connectivity index (χ0) is 21.9. The van der Waals surface area contributed by atoms with E-state index in [1.165, 1.54) is 18.0 Å². The summed E-state index contributed by atoms with van der Waals surface area (Å²) in [6.45, 7) is 0.555. The van der Waals surface area contributed by atoms with Crippen LogP contribution >= 0.6 is 11.6 Å². The lowest BCUT2D eigenvalue weighted by molar-refractivity contribution is -0.137. The first-order valence-corrected chi connectivity index (χ1v) is 9.30. The van der Waals surface area contributed by atoms with Gasteiger partial charge in [-0.2, -0.15) is 13.2 Å². The number of ether oxygens (including phenoxy) is 2. The van der Waals surface area contributed by atoms with E-state index in [0.717, 1.165) is 12.1 Å². The van der Waals surface area contributed by atoms with E-state index in [1.54, 1.807) is 18.2 Å². The Kier molecular flexibility index (Phi) is 6.40. The van der Waals surface area contributed by atoms with Crippen molar-refractivity contribution in [2.75, 3.05) is 32.1 Å². The van der Waals surface area contributed by atoms with Gasteiger partial charge in [0, 0.05) is 12.7 Å². The molecule has 1 aliphatic rings. The van der Waals surface area contributed by atoms with Gasteiger partial charge in [0.15, 0.2) is 11.5 Å². The molecule has 1 N–H and O–H groups in total. The Morgan fingerprint density at radius 2 is 1.80 bits per heavy atom. The number of carbonyl (C=O) groups is 2. The van der Waals surface area contributed by atoms with Crippen LogP contribution in [-0.2, 0) is 22.2 Å². The predicted molar refractivity (Wildman–Crippen MR) is 104 cm³/mol. The number of halogens is 4. The first-order chi connectivity index (χ1) is 14.1. The quantitative estimate of drug-likeness (QED) is 0.765. The van der Waals surface area contributed by atoms with Crippen molar-refractivity contribution in [3.05, 3.63) is 52.5 Å². The summed E-state index contributed by atoms with van der Waals surface area (Å²) in [6, 6.07) is 8.20. The van der Waals surface area contributed by atoms with Crippen LogP contribution in [-0.4, -0.2) is 43.5 Å². The highest BCUT2D eigenvalue weighted by Crippen LogP contribution is 2.36. The van der Waals surface area contributed by atoms with E-state index in [2.05, 4.69) is 5.32 Å². The minimum absolute atomic E-state index is 0.0274. The Morgan fingerprint density at radius 1 is 1.10 bits per heavy atom. The maximum atomic E-state index is 12.9. The molecule has 2 aromatic rings. The van der Waals surface area contributed by atoms with Crippen LogP contribution in [0.15, 0.2) is 36.4 Å². The summed E-state index contributed by atoms with van der Waals surface area (Å²) in [4.78, 5) is 25.8. The summed E-state index contributed by atoms with van der Waals surface area (Å²) in [6.07, 6.45) is -4.62. The van der Waals surface area contributed by atoms with E-state index in [4.69, 9.17) is 21.1 Å². The average molecular weight is 443 g/mol. The molecule has 30 heavy (non-hydrogen) atoms. The molecule has 0 fully saturated rings. The van der Waals surface area contributed by atoms with Gasteiger partial charge in [0.25, 0.3) is 0 Å². The lowest BCUT2D eigenvalue weighted by Crippen LogP contribution is -2.35. The number of hydrogen-bond donors (Lipinski definition) is 1. The lowest BCUT2D eigenvalue weighted by atomic mass is 10.1. The van der Waals surface area contributed by atoms with Gasteiger partial charge in [-0.3, -0.25) is 9.59 Å². The molecule has 0 aromatic heterocycles. The predicted octanol–water partition coefficient (Wildman–Crippen LogP) is 3.77. The largest absolute Gasteiger partial charge is 0.486 e. The molecule has 2 amide bonds. The number of rotatable bonds is 5. The summed E-state index contributed by atoms with van der Waals surface area (Å²) < 4.78 is 49.7. The van der Waals surface area contributed by atoms with Crippen LogP contribution in [0.2, 0.25) is 5.02 Å². The number of anilines is 1. The Labute approximate surface area is 175 Å². The molecule has 160 valence electrons. The van der Waals surface area contributed by atoms with E-state index in [9.17, 15) is 22.8 Å². The van der Waals surface area contributed by atoms with Crippen molar-refractivity contribution in [1.82, 2.24) is 4.90 Å². The van der Waals surface area contributed by atoms with Gasteiger partial charge in [0.1, 0.15) is 13.2 Å². The highest BCUT2D eigenvalue weighted by atomic mass is 35.5. The van der Waals surface area contributed by atoms with Gasteiger partial charge < -0.3 is 19.7 Å². The van der Waals surface area contributed by atoms with E-state index >= 15 is 0 Å². The molecular weight excluding hydrogens is 425 g/mol. The van der Waals surface area contributed by atoms with Gasteiger partial charge in [-0.25, -0.2) is 0 Å². The highest BCUT2D eigenvalue weighted by Gasteiger charge is 2.33. The van der Waals surface area contributed by atoms with Gasteiger partial charge in [-0.05, 0) is 35.9 Å². The van der Waals surface area contributed by atoms with Crippen molar-refractivity contribution in [1.29, 1.82) is 0 Å². The summed E-state index contributed by atoms with van der Waals surface area (Å²) in [5, 5.41) is 1.88. The highest BCUT2D eigenvalue weighted by molar-refractivity contribution is 6.31. The normalized spacial score (nSPS) is 13.0. The molecule has 2 aromatic carbocycles. The number of nitrogens with one attached hydrogen (secondary N) is 1. The van der Waals surface area contributed by atoms with Crippen LogP contribution < -0.4 is 14.8 Å². The number of alkyl halides is 3. The fourth-order valence-corrected chi connectivity index (χ4v) is 3.06. The molecule has 0 saturated heterocycles. The molecule has 0 spiro atoms. The molecule has 1 heterocycles. The molecule has 0 radical (unpaired) electrons. The summed E-state index contributed by atoms with van der Waals surface area (Å²) in [7, 11) is 1.43. The van der Waals surface area contributed by atoms with Crippen LogP contribution in [0.3, 0.4) is 0 Å². The van der Waals surface area contributed by atoms with Gasteiger partial charge in [-0.1, -0.05) is 17.7 Å². The third-order valence-electron chi connectivity index (χ3n) is 4.32. The van der Waals surface area contributed by atoms with Gasteiger partial charge in [0.05, 0.1) is 23.6 Å². The molecular formula is C20H18ClF3N2O4. The first-order valence-electron chi connectivity index (χ1n) is 8.92. The standard InChI is InChI=1S/C20H18ClF3N2O4/c1-26(19(28)9-12-2-5-16-17(8-12)30-7-6-29-16)11-18(27)25-13-3-4-15(21)14(10-13)20(22,23)24/h2-5,8,10H,6-7,9,11H2,1H3,(H,25,27). The second kappa shape index (κ2) is 8.83. The van der Waals surface area contributed by atoms with E-state index in [-0.39, 0.29) is 24.6 Å². The molecule has 10 heteroatoms. The van der Waals surface area contributed by atoms with Gasteiger partial charge in [0.2, 0.25) is 11.8 Å². The van der Waals surface area contributed by atoms with Crippen molar-refractivity contribution in [3.8, 4) is 11.5 Å². The molecule has 3 rings (SSSR count). The Balaban J connectivity index is 1.58. The fourth-order valence-electron chi connectivity index (χ4n) is 2.83. The summed E-state index contributed by atoms with van der Waals surface area (Å²) in [5.41, 5.74) is -0.432. The molecule has 0 unspecified atom stereocenters. The van der Waals surface area contributed by atoms with Crippen LogP contribution in [0.1, 0.15) is 11.1 Å². The SMILES string of the molecule is CN(CC(=O)Nc1ccc(Cl)c(C(F)(F)F)c1)C(=O)Cc1ccc2c(c1)OCCO2. The monoisotopic (exact) mass is 442 g/mol. The number of fused-ring (bicyclic) bond motifs is 1. The topological polar surface area (TPSA) is 67.9 Å². The molecule has 6 nitrogen and oxygen atoms in total. The number of carbonyl (C=O) groups excluding carboxylic acids is 2. The summed E-state index contributed by atoms with van der Waals surface area (Å²) in [5.74, 6) is 0.180. The summed E-state index contributed by atoms with van der Waals surface area (Å²) >= 11 is 5.56. The lowest BCUT2D eigenvalue weighted by Gasteiger charge is -2.20. The average Bonchev–Trinajstić information content (AvgIpc) is 2.68. The van der Waals surface area contributed by atoms with Crippen LogP contribution in [0.25, 0.3) is 0 Å². The van der Waals surface area contributed by atoms with Crippen molar-refractivity contribution >= 4 is 29.1 Å². The van der Waals surface area contributed by atoms with Crippen LogP contribution in [0.5, 0.6) is 11.5 Å². The first kappa shape index (κ1) is 21.8. The van der Waals surface area contributed by atoms with Crippen molar-refractivity contribution < 1.29 is 32.2 Å². The maximum Gasteiger partial charge on any atom is 0.417 e. The molecule has 0 atom stereocenters. The van der Waals surface area contributed by atoms with Crippen LogP contribution in [0.4, 0.5) is 18.9 Å². The molecule has 0 aliphatic carbocycles. The van der Waals surface area contributed by atoms with Gasteiger partial charge in [-0.15, -0.1) is 0 Å². The smallest absolute Gasteiger partial charge is 0.417 e. The molecule has 0 saturated carbocycles. The van der Waals surface area contributed by atoms with E-state index in [1.807, 2.05) is 0 Å². The maximum absolute atomic E-state index is 12.9. The Hall–Kier alpha value is -2.94. The number of nitrogens with zero attached hydrogens (tertiary/aromatic N) is 1. The Bertz CT molecular complexity index is 966. The van der Waals surface area contributed by atoms with Gasteiger partial charge >= 0.3 is 6.18 Å². The fraction of sp³-hybridized carbons (Fsp3) is 0.300. The third kappa shape index (κ3) is 5.35. The number of benzene rings is 2. The number of likely N-dealkylation sites (N-methyl/N-ethyl adjacent to an activating group) is 1.